The van der Waals surface area contributed by atoms with Crippen molar-refractivity contribution < 1.29 is 4.79 Å². The van der Waals surface area contributed by atoms with Gasteiger partial charge < -0.3 is 5.01 Å². The van der Waals surface area contributed by atoms with Gasteiger partial charge in [0.05, 0.1) is 5.56 Å². The number of aromatic nitrogens is 1. The Balaban J connectivity index is 2.13. The molecule has 1 aromatic heterocycles. The Bertz CT molecular complexity index is 533. The lowest BCUT2D eigenvalue weighted by molar-refractivity contribution is 0.101. The number of hydrogen-bond donors (Lipinski definition) is 0. The summed E-state index contributed by atoms with van der Waals surface area (Å²) in [5.74, 6) is 0.524. The van der Waals surface area contributed by atoms with E-state index in [1.54, 1.807) is 12.3 Å². The number of pyridine rings is 1. The normalized spacial score (nSPS) is 22.2. The molecule has 1 atom stereocenters. The largest absolute Gasteiger partial charge is 0.313 e. The molecular weight excluding hydrogens is 216 g/mol. The topological polar surface area (TPSA) is 42.3 Å². The number of piperidine rings is 1. The first-order chi connectivity index (χ1) is 8.15. The molecule has 2 aliphatic rings. The highest BCUT2D eigenvalue weighted by Gasteiger charge is 2.28. The van der Waals surface area contributed by atoms with E-state index in [-0.39, 0.29) is 11.2 Å². The van der Waals surface area contributed by atoms with E-state index >= 15 is 0 Å². The van der Waals surface area contributed by atoms with E-state index in [1.165, 1.54) is 19.8 Å². The molecule has 1 aromatic rings. The first kappa shape index (κ1) is 10.6. The standard InChI is InChI=1S/C13H16N2O2/c1-9(16)12-8-15-11(6-13(12)17)5-10-3-2-4-14(15)7-10/h6,8,10H,2-5,7H2,1H3. The first-order valence-electron chi connectivity index (χ1n) is 6.17. The van der Waals surface area contributed by atoms with Crippen LogP contribution in [0.1, 0.15) is 35.8 Å². The summed E-state index contributed by atoms with van der Waals surface area (Å²) in [6, 6.07) is 1.64. The molecule has 1 fully saturated rings. The maximum atomic E-state index is 11.8. The average Bonchev–Trinajstić information content (AvgIpc) is 2.28. The van der Waals surface area contributed by atoms with Crippen LogP contribution in [0.3, 0.4) is 0 Å². The Labute approximate surface area is 99.8 Å². The van der Waals surface area contributed by atoms with Gasteiger partial charge in [0.2, 0.25) is 0 Å². The van der Waals surface area contributed by atoms with Crippen molar-refractivity contribution in [3.8, 4) is 0 Å². The minimum atomic E-state index is -0.149. The molecule has 0 saturated carbocycles. The molecular formula is C13H16N2O2. The van der Waals surface area contributed by atoms with E-state index in [4.69, 9.17) is 0 Å². The SMILES string of the molecule is CC(=O)c1cn2c(cc1=O)CC1CCCN2C1. The van der Waals surface area contributed by atoms with Crippen molar-refractivity contribution >= 4 is 5.78 Å². The van der Waals surface area contributed by atoms with E-state index in [2.05, 4.69) is 5.01 Å². The molecule has 0 amide bonds. The van der Waals surface area contributed by atoms with E-state index in [0.29, 0.717) is 11.5 Å². The van der Waals surface area contributed by atoms with Gasteiger partial charge in [-0.05, 0) is 32.1 Å². The summed E-state index contributed by atoms with van der Waals surface area (Å²) in [5.41, 5.74) is 1.22. The molecule has 0 aliphatic carbocycles. The minimum Gasteiger partial charge on any atom is -0.313 e. The minimum absolute atomic E-state index is 0.134. The summed E-state index contributed by atoms with van der Waals surface area (Å²) in [6.45, 7) is 3.52. The van der Waals surface area contributed by atoms with Crippen molar-refractivity contribution in [1.29, 1.82) is 0 Å². The molecule has 3 heterocycles. The van der Waals surface area contributed by atoms with Crippen LogP contribution in [0.2, 0.25) is 0 Å². The zero-order chi connectivity index (χ0) is 12.0. The lowest BCUT2D eigenvalue weighted by atomic mass is 9.91. The molecule has 17 heavy (non-hydrogen) atoms. The van der Waals surface area contributed by atoms with Gasteiger partial charge in [-0.25, -0.2) is 0 Å². The number of Topliss-reactive ketones (excluding diaryl/α,β-unsaturated/α-hetero) is 1. The monoisotopic (exact) mass is 232 g/mol. The maximum absolute atomic E-state index is 11.8. The summed E-state index contributed by atoms with van der Waals surface area (Å²) in [4.78, 5) is 23.2. The van der Waals surface area contributed by atoms with Crippen LogP contribution < -0.4 is 10.4 Å². The zero-order valence-corrected chi connectivity index (χ0v) is 9.98. The lowest BCUT2D eigenvalue weighted by Gasteiger charge is -2.42. The van der Waals surface area contributed by atoms with Gasteiger partial charge in [0.25, 0.3) is 0 Å². The van der Waals surface area contributed by atoms with Gasteiger partial charge in [-0.2, -0.15) is 0 Å². The lowest BCUT2D eigenvalue weighted by Crippen LogP contribution is -2.49. The molecule has 0 N–H and O–H groups in total. The van der Waals surface area contributed by atoms with E-state index in [9.17, 15) is 9.59 Å². The molecule has 1 saturated heterocycles. The number of carbonyl (C=O) groups excluding carboxylic acids is 1. The molecule has 2 bridgehead atoms. The number of hydrogen-bond acceptors (Lipinski definition) is 3. The fourth-order valence-corrected chi connectivity index (χ4v) is 2.95. The van der Waals surface area contributed by atoms with Crippen LogP contribution in [0.4, 0.5) is 0 Å². The van der Waals surface area contributed by atoms with Crippen LogP contribution in [0.5, 0.6) is 0 Å². The third kappa shape index (κ3) is 1.68. The third-order valence-electron chi connectivity index (χ3n) is 3.79. The Morgan fingerprint density at radius 3 is 3.06 bits per heavy atom. The van der Waals surface area contributed by atoms with Crippen molar-refractivity contribution in [2.24, 2.45) is 5.92 Å². The van der Waals surface area contributed by atoms with Crippen molar-refractivity contribution in [3.63, 3.8) is 0 Å². The first-order valence-corrected chi connectivity index (χ1v) is 6.17. The van der Waals surface area contributed by atoms with Crippen LogP contribution in [-0.2, 0) is 6.42 Å². The molecule has 3 rings (SSSR count). The maximum Gasteiger partial charge on any atom is 0.192 e. The van der Waals surface area contributed by atoms with Crippen molar-refractivity contribution in [2.75, 3.05) is 18.1 Å². The van der Waals surface area contributed by atoms with Crippen LogP contribution >= 0.6 is 0 Å². The number of fused-ring (bicyclic) bond motifs is 4. The highest BCUT2D eigenvalue weighted by molar-refractivity contribution is 5.93. The van der Waals surface area contributed by atoms with Gasteiger partial charge in [0, 0.05) is 31.0 Å². The third-order valence-corrected chi connectivity index (χ3v) is 3.79. The van der Waals surface area contributed by atoms with E-state index in [1.807, 2.05) is 4.68 Å². The molecule has 1 unspecified atom stereocenters. The van der Waals surface area contributed by atoms with E-state index in [0.717, 1.165) is 25.2 Å². The summed E-state index contributed by atoms with van der Waals surface area (Å²) >= 11 is 0. The molecule has 0 spiro atoms. The van der Waals surface area contributed by atoms with Gasteiger partial charge in [-0.3, -0.25) is 14.3 Å². The van der Waals surface area contributed by atoms with Gasteiger partial charge in [0.1, 0.15) is 0 Å². The highest BCUT2D eigenvalue weighted by Crippen LogP contribution is 2.25. The van der Waals surface area contributed by atoms with Crippen molar-refractivity contribution in [2.45, 2.75) is 26.2 Å². The molecule has 2 aliphatic heterocycles. The molecule has 4 heteroatoms. The van der Waals surface area contributed by atoms with Gasteiger partial charge >= 0.3 is 0 Å². The van der Waals surface area contributed by atoms with Crippen LogP contribution in [0, 0.1) is 5.92 Å². The van der Waals surface area contributed by atoms with Gasteiger partial charge in [-0.15, -0.1) is 0 Å². The number of carbonyl (C=O) groups is 1. The quantitative estimate of drug-likeness (QED) is 0.677. The molecule has 0 radical (unpaired) electrons. The predicted molar refractivity (Wildman–Crippen MR) is 65.1 cm³/mol. The molecule has 4 nitrogen and oxygen atoms in total. The van der Waals surface area contributed by atoms with Gasteiger partial charge in [-0.1, -0.05) is 0 Å². The second-order valence-electron chi connectivity index (χ2n) is 5.07. The number of rotatable bonds is 1. The predicted octanol–water partition coefficient (Wildman–Crippen LogP) is 0.955. The summed E-state index contributed by atoms with van der Waals surface area (Å²) in [7, 11) is 0. The van der Waals surface area contributed by atoms with E-state index < -0.39 is 0 Å². The zero-order valence-electron chi connectivity index (χ0n) is 9.98. The summed E-state index contributed by atoms with van der Waals surface area (Å²) in [6.07, 6.45) is 5.14. The fourth-order valence-electron chi connectivity index (χ4n) is 2.95. The number of ketones is 1. The molecule has 90 valence electrons. The Hall–Kier alpha value is -1.58. The smallest absolute Gasteiger partial charge is 0.192 e. The van der Waals surface area contributed by atoms with Crippen LogP contribution in [0.25, 0.3) is 0 Å². The number of nitrogens with zero attached hydrogens (tertiary/aromatic N) is 2. The molecule has 0 aromatic carbocycles. The highest BCUT2D eigenvalue weighted by atomic mass is 16.1. The van der Waals surface area contributed by atoms with Crippen LogP contribution in [0.15, 0.2) is 17.1 Å². The van der Waals surface area contributed by atoms with Gasteiger partial charge in [0.15, 0.2) is 11.2 Å². The fraction of sp³-hybridized carbons (Fsp3) is 0.538. The second kappa shape index (κ2) is 3.72. The summed E-state index contributed by atoms with van der Waals surface area (Å²) in [5, 5.41) is 2.25. The average molecular weight is 232 g/mol. The second-order valence-corrected chi connectivity index (χ2v) is 5.07. The van der Waals surface area contributed by atoms with Crippen molar-refractivity contribution in [1.82, 2.24) is 4.68 Å². The Morgan fingerprint density at radius 2 is 2.29 bits per heavy atom. The summed E-state index contributed by atoms with van der Waals surface area (Å²) < 4.78 is 2.02. The Morgan fingerprint density at radius 1 is 1.47 bits per heavy atom. The Kier molecular flexibility index (Phi) is 2.31. The van der Waals surface area contributed by atoms with Crippen molar-refractivity contribution in [3.05, 3.63) is 33.7 Å². The van der Waals surface area contributed by atoms with Crippen LogP contribution in [-0.4, -0.2) is 23.5 Å².